The van der Waals surface area contributed by atoms with Crippen molar-refractivity contribution in [1.82, 2.24) is 9.55 Å². The van der Waals surface area contributed by atoms with Gasteiger partial charge in [-0.25, -0.2) is 4.79 Å². The van der Waals surface area contributed by atoms with Crippen LogP contribution in [0.3, 0.4) is 0 Å². The highest BCUT2D eigenvalue weighted by Crippen LogP contribution is 2.27. The zero-order valence-electron chi connectivity index (χ0n) is 17.2. The minimum absolute atomic E-state index is 0.00703. The Morgan fingerprint density at radius 3 is 2.59 bits per heavy atom. The van der Waals surface area contributed by atoms with Gasteiger partial charge in [-0.3, -0.25) is 19.3 Å². The first kappa shape index (κ1) is 22.3. The fourth-order valence-corrected chi connectivity index (χ4v) is 2.96. The summed E-state index contributed by atoms with van der Waals surface area (Å²) in [4.78, 5) is 30.7. The number of nitrogens with one attached hydrogen (secondary N) is 1. The highest BCUT2D eigenvalue weighted by molar-refractivity contribution is 5.81. The van der Waals surface area contributed by atoms with E-state index in [1.165, 1.54) is 6.21 Å². The molecule has 29 heavy (non-hydrogen) atoms. The van der Waals surface area contributed by atoms with Gasteiger partial charge in [0.2, 0.25) is 5.88 Å². The van der Waals surface area contributed by atoms with Crippen molar-refractivity contribution in [1.29, 1.82) is 0 Å². The maximum absolute atomic E-state index is 12.2. The molecule has 0 radical (unpaired) electrons. The number of aromatic hydroxyl groups is 1. The molecule has 0 aliphatic heterocycles. The molecule has 8 heteroatoms. The van der Waals surface area contributed by atoms with Crippen LogP contribution in [0, 0.1) is 0 Å². The quantitative estimate of drug-likeness (QED) is 0.443. The van der Waals surface area contributed by atoms with Crippen LogP contribution in [-0.2, 0) is 13.0 Å². The van der Waals surface area contributed by atoms with E-state index in [0.29, 0.717) is 24.5 Å². The summed E-state index contributed by atoms with van der Waals surface area (Å²) in [6.45, 7) is 2.89. The number of ether oxygens (including phenoxy) is 2. The Bertz CT molecular complexity index is 946. The van der Waals surface area contributed by atoms with E-state index < -0.39 is 11.2 Å². The molecule has 0 atom stereocenters. The topological polar surface area (TPSA) is 106 Å². The number of H-pyrrole nitrogens is 1. The van der Waals surface area contributed by atoms with E-state index in [1.807, 2.05) is 12.1 Å². The molecular formula is C21H29N3O5. The number of aromatic nitrogens is 2. The van der Waals surface area contributed by atoms with Crippen molar-refractivity contribution in [3.8, 4) is 17.4 Å². The standard InChI is InChI=1S/C21H29N3O5/c1-4-5-6-7-11-22-14-16-19(25)23-21(27)24(20(16)26)12-10-15-8-9-17(28-2)18(13-15)29-3/h8-9,13-14,26H,4-7,10-12H2,1-3H3,(H,23,25,27). The molecule has 0 bridgehead atoms. The first-order valence-electron chi connectivity index (χ1n) is 9.78. The smallest absolute Gasteiger partial charge is 0.331 e. The summed E-state index contributed by atoms with van der Waals surface area (Å²) in [6, 6.07) is 5.44. The average molecular weight is 403 g/mol. The average Bonchev–Trinajstić information content (AvgIpc) is 2.72. The van der Waals surface area contributed by atoms with Gasteiger partial charge in [0.15, 0.2) is 11.5 Å². The Morgan fingerprint density at radius 2 is 1.90 bits per heavy atom. The van der Waals surface area contributed by atoms with Crippen molar-refractivity contribution in [2.75, 3.05) is 20.8 Å². The zero-order valence-corrected chi connectivity index (χ0v) is 17.2. The molecule has 158 valence electrons. The van der Waals surface area contributed by atoms with Crippen LogP contribution >= 0.6 is 0 Å². The predicted molar refractivity (Wildman–Crippen MR) is 113 cm³/mol. The predicted octanol–water partition coefficient (Wildman–Crippen LogP) is 2.50. The number of hydrogen-bond donors (Lipinski definition) is 2. The molecule has 0 aliphatic rings. The molecule has 2 aromatic rings. The number of benzene rings is 1. The molecule has 1 aromatic carbocycles. The summed E-state index contributed by atoms with van der Waals surface area (Å²) in [5.74, 6) is 0.813. The molecule has 2 N–H and O–H groups in total. The lowest BCUT2D eigenvalue weighted by Gasteiger charge is -2.12. The lowest BCUT2D eigenvalue weighted by atomic mass is 10.1. The van der Waals surface area contributed by atoms with Crippen LogP contribution in [-0.4, -0.2) is 41.6 Å². The van der Waals surface area contributed by atoms with Gasteiger partial charge in [0.05, 0.1) is 14.2 Å². The highest BCUT2D eigenvalue weighted by atomic mass is 16.5. The summed E-state index contributed by atoms with van der Waals surface area (Å²) in [5.41, 5.74) is -0.418. The SMILES string of the molecule is CCCCCCN=Cc1c(O)n(CCc2ccc(OC)c(OC)c2)c(=O)[nH]c1=O. The van der Waals surface area contributed by atoms with Gasteiger partial charge >= 0.3 is 5.69 Å². The maximum Gasteiger partial charge on any atom is 0.331 e. The lowest BCUT2D eigenvalue weighted by molar-refractivity contribution is 0.354. The zero-order chi connectivity index (χ0) is 21.2. The van der Waals surface area contributed by atoms with Crippen molar-refractivity contribution in [2.45, 2.75) is 45.6 Å². The van der Waals surface area contributed by atoms with Crippen molar-refractivity contribution >= 4 is 6.21 Å². The van der Waals surface area contributed by atoms with Crippen molar-refractivity contribution in [3.63, 3.8) is 0 Å². The maximum atomic E-state index is 12.2. The Balaban J connectivity index is 2.16. The van der Waals surface area contributed by atoms with Crippen LogP contribution in [0.15, 0.2) is 32.8 Å². The van der Waals surface area contributed by atoms with Crippen LogP contribution in [0.25, 0.3) is 0 Å². The molecular weight excluding hydrogens is 374 g/mol. The lowest BCUT2D eigenvalue weighted by Crippen LogP contribution is -2.32. The third-order valence-electron chi connectivity index (χ3n) is 4.64. The molecule has 0 saturated heterocycles. The number of aryl methyl sites for hydroxylation is 1. The Hall–Kier alpha value is -3.03. The molecule has 1 aromatic heterocycles. The van der Waals surface area contributed by atoms with E-state index in [9.17, 15) is 14.7 Å². The fourth-order valence-electron chi connectivity index (χ4n) is 2.96. The number of rotatable bonds is 11. The molecule has 0 amide bonds. The van der Waals surface area contributed by atoms with Gasteiger partial charge in [-0.05, 0) is 30.5 Å². The van der Waals surface area contributed by atoms with Gasteiger partial charge in [-0.1, -0.05) is 32.3 Å². The van der Waals surface area contributed by atoms with Crippen LogP contribution in [0.5, 0.6) is 17.4 Å². The second-order valence-electron chi connectivity index (χ2n) is 6.68. The molecule has 0 aliphatic carbocycles. The monoisotopic (exact) mass is 403 g/mol. The molecule has 0 saturated carbocycles. The number of aliphatic imine (C=N–C) groups is 1. The van der Waals surface area contributed by atoms with E-state index in [1.54, 1.807) is 20.3 Å². The second kappa shape index (κ2) is 11.1. The Kier molecular flexibility index (Phi) is 8.51. The third kappa shape index (κ3) is 5.97. The van der Waals surface area contributed by atoms with E-state index in [0.717, 1.165) is 35.8 Å². The summed E-state index contributed by atoms with van der Waals surface area (Å²) >= 11 is 0. The highest BCUT2D eigenvalue weighted by Gasteiger charge is 2.13. The first-order chi connectivity index (χ1) is 14.0. The third-order valence-corrected chi connectivity index (χ3v) is 4.64. The number of aromatic amines is 1. The number of nitrogens with zero attached hydrogens (tertiary/aromatic N) is 2. The van der Waals surface area contributed by atoms with Crippen molar-refractivity contribution in [2.24, 2.45) is 4.99 Å². The summed E-state index contributed by atoms with van der Waals surface area (Å²) in [7, 11) is 3.11. The van der Waals surface area contributed by atoms with Gasteiger partial charge in [-0.15, -0.1) is 0 Å². The van der Waals surface area contributed by atoms with Crippen molar-refractivity contribution < 1.29 is 14.6 Å². The minimum Gasteiger partial charge on any atom is -0.494 e. The van der Waals surface area contributed by atoms with Crippen molar-refractivity contribution in [3.05, 3.63) is 50.2 Å². The minimum atomic E-state index is -0.659. The largest absolute Gasteiger partial charge is 0.494 e. The molecule has 0 fully saturated rings. The van der Waals surface area contributed by atoms with Gasteiger partial charge in [0.1, 0.15) is 5.56 Å². The van der Waals surface area contributed by atoms with Gasteiger partial charge in [-0.2, -0.15) is 0 Å². The van der Waals surface area contributed by atoms with Crippen LogP contribution in [0.1, 0.15) is 43.7 Å². The molecule has 0 spiro atoms. The van der Waals surface area contributed by atoms with Crippen LogP contribution in [0.4, 0.5) is 0 Å². The summed E-state index contributed by atoms with van der Waals surface area (Å²) in [6.07, 6.45) is 6.06. The van der Waals surface area contributed by atoms with E-state index >= 15 is 0 Å². The molecule has 1 heterocycles. The van der Waals surface area contributed by atoms with Gasteiger partial charge in [0, 0.05) is 19.3 Å². The van der Waals surface area contributed by atoms with Gasteiger partial charge < -0.3 is 14.6 Å². The first-order valence-corrected chi connectivity index (χ1v) is 9.78. The summed E-state index contributed by atoms with van der Waals surface area (Å²) in [5, 5.41) is 10.5. The van der Waals surface area contributed by atoms with Crippen LogP contribution < -0.4 is 20.7 Å². The number of unbranched alkanes of at least 4 members (excludes halogenated alkanes) is 3. The normalized spacial score (nSPS) is 11.1. The van der Waals surface area contributed by atoms with Gasteiger partial charge in [0.25, 0.3) is 5.56 Å². The Morgan fingerprint density at radius 1 is 1.14 bits per heavy atom. The van der Waals surface area contributed by atoms with E-state index in [2.05, 4.69) is 16.9 Å². The van der Waals surface area contributed by atoms with E-state index in [-0.39, 0.29) is 18.0 Å². The number of hydrogen-bond acceptors (Lipinski definition) is 6. The Labute approximate surface area is 169 Å². The molecule has 2 rings (SSSR count). The van der Waals surface area contributed by atoms with E-state index in [4.69, 9.17) is 9.47 Å². The fraction of sp³-hybridized carbons (Fsp3) is 0.476. The number of methoxy groups -OCH3 is 2. The summed E-state index contributed by atoms with van der Waals surface area (Å²) < 4.78 is 11.6. The molecule has 8 nitrogen and oxygen atoms in total. The molecule has 0 unspecified atom stereocenters. The second-order valence-corrected chi connectivity index (χ2v) is 6.68. The van der Waals surface area contributed by atoms with Crippen LogP contribution in [0.2, 0.25) is 0 Å².